The second-order valence-electron chi connectivity index (χ2n) is 10.3. The number of sulfonamides is 1. The number of aromatic hydroxyl groups is 1. The first-order chi connectivity index (χ1) is 15.2. The zero-order valence-corrected chi connectivity index (χ0v) is 19.9. The molecule has 178 valence electrons. The fraction of sp³-hybridized carbons (Fsp3) is 0.522. The van der Waals surface area contributed by atoms with Crippen LogP contribution in [0.15, 0.2) is 18.2 Å². The number of anilines is 1. The molecule has 10 heteroatoms. The lowest BCUT2D eigenvalue weighted by Gasteiger charge is -2.24. The highest BCUT2D eigenvalue weighted by Gasteiger charge is 2.53. The number of Topliss-reactive ketones (excluding diaryl/α,β-unsaturated/α-hetero) is 2. The van der Waals surface area contributed by atoms with Crippen molar-refractivity contribution in [2.24, 2.45) is 16.7 Å². The van der Waals surface area contributed by atoms with E-state index in [0.29, 0.717) is 24.6 Å². The molecule has 2 saturated carbocycles. The average Bonchev–Trinajstić information content (AvgIpc) is 3.29. The molecule has 1 aromatic carbocycles. The smallest absolute Gasteiger partial charge is 0.338 e. The molecule has 0 unspecified atom stereocenters. The molecule has 4 rings (SSSR count). The van der Waals surface area contributed by atoms with Crippen LogP contribution in [0.2, 0.25) is 0 Å². The molecule has 1 aromatic heterocycles. The highest BCUT2D eigenvalue weighted by molar-refractivity contribution is 7.92. The van der Waals surface area contributed by atoms with Gasteiger partial charge in [0.1, 0.15) is 5.78 Å². The van der Waals surface area contributed by atoms with Crippen molar-refractivity contribution in [2.45, 2.75) is 53.4 Å². The summed E-state index contributed by atoms with van der Waals surface area (Å²) in [5, 5.41) is 10.9. The fourth-order valence-electron chi connectivity index (χ4n) is 4.90. The molecule has 2 aliphatic rings. The van der Waals surface area contributed by atoms with Crippen molar-refractivity contribution in [2.75, 3.05) is 10.5 Å². The van der Waals surface area contributed by atoms with E-state index in [2.05, 4.69) is 4.72 Å². The van der Waals surface area contributed by atoms with Gasteiger partial charge in [0.25, 0.3) is 0 Å². The van der Waals surface area contributed by atoms with Gasteiger partial charge in [0, 0.05) is 17.2 Å². The summed E-state index contributed by atoms with van der Waals surface area (Å²) in [6.45, 7) is 6.19. The minimum Gasteiger partial charge on any atom is -0.492 e. The molecular formula is C23H28N2O7S. The Kier molecular flexibility index (Phi) is 5.35. The zero-order valence-electron chi connectivity index (χ0n) is 19.1. The molecule has 0 spiro atoms. The average molecular weight is 477 g/mol. The van der Waals surface area contributed by atoms with Gasteiger partial charge in [-0.25, -0.2) is 13.2 Å². The predicted molar refractivity (Wildman–Crippen MR) is 121 cm³/mol. The summed E-state index contributed by atoms with van der Waals surface area (Å²) in [6.07, 6.45) is 2.50. The van der Waals surface area contributed by atoms with Gasteiger partial charge in [-0.3, -0.25) is 14.3 Å². The van der Waals surface area contributed by atoms with Crippen LogP contribution in [0.4, 0.5) is 5.69 Å². The Hall–Kier alpha value is -2.88. The SMILES string of the molecule is CC(=O)c1c(O)n(OC(=O)C(C)(C)C)c2cc(NS(=O)(=O)C[C@]34CC[C@H](CC3=O)C4)ccc12. The summed E-state index contributed by atoms with van der Waals surface area (Å²) < 4.78 is 29.2. The quantitative estimate of drug-likeness (QED) is 0.613. The fourth-order valence-corrected chi connectivity index (χ4v) is 6.61. The normalized spacial score (nSPS) is 22.7. The van der Waals surface area contributed by atoms with Crippen molar-refractivity contribution >= 4 is 44.1 Å². The van der Waals surface area contributed by atoms with E-state index >= 15 is 0 Å². The largest absolute Gasteiger partial charge is 0.492 e. The number of ketones is 2. The van der Waals surface area contributed by atoms with Crippen LogP contribution in [-0.4, -0.2) is 41.5 Å². The van der Waals surface area contributed by atoms with Crippen LogP contribution in [0.3, 0.4) is 0 Å². The molecule has 2 N–H and O–H groups in total. The molecular weight excluding hydrogens is 448 g/mol. The molecule has 1 heterocycles. The first kappa shape index (κ1) is 23.3. The van der Waals surface area contributed by atoms with E-state index in [1.165, 1.54) is 25.1 Å². The molecule has 2 aromatic rings. The van der Waals surface area contributed by atoms with Crippen LogP contribution in [0.25, 0.3) is 10.9 Å². The van der Waals surface area contributed by atoms with Gasteiger partial charge in [-0.2, -0.15) is 0 Å². The standard InChI is InChI=1S/C23H28N2O7S/c1-13(26)19-16-6-5-15(10-17(16)25(20(19)28)32-21(29)22(2,3)4)24-33(30,31)12-23-8-7-14(11-23)9-18(23)27/h5-6,10,14,24,28H,7-9,11-12H2,1-4H3/t14-,23-/m1/s1. The predicted octanol–water partition coefficient (Wildman–Crippen LogP) is 3.05. The number of nitrogens with zero attached hydrogens (tertiary/aromatic N) is 1. The van der Waals surface area contributed by atoms with Gasteiger partial charge in [-0.15, -0.1) is 4.73 Å². The highest BCUT2D eigenvalue weighted by atomic mass is 32.2. The number of hydrogen-bond donors (Lipinski definition) is 2. The monoisotopic (exact) mass is 476 g/mol. The van der Waals surface area contributed by atoms with Crippen LogP contribution in [-0.2, 0) is 19.6 Å². The van der Waals surface area contributed by atoms with Gasteiger partial charge in [0.2, 0.25) is 15.9 Å². The Morgan fingerprint density at radius 1 is 1.30 bits per heavy atom. The van der Waals surface area contributed by atoms with Gasteiger partial charge < -0.3 is 9.94 Å². The third-order valence-corrected chi connectivity index (χ3v) is 8.04. The zero-order chi connectivity index (χ0) is 24.3. The molecule has 2 aliphatic carbocycles. The first-order valence-corrected chi connectivity index (χ1v) is 12.5. The van der Waals surface area contributed by atoms with Crippen molar-refractivity contribution in [3.63, 3.8) is 0 Å². The highest BCUT2D eigenvalue weighted by Crippen LogP contribution is 2.52. The van der Waals surface area contributed by atoms with Gasteiger partial charge in [0.15, 0.2) is 5.78 Å². The van der Waals surface area contributed by atoms with Crippen molar-refractivity contribution in [1.82, 2.24) is 4.73 Å². The maximum absolute atomic E-state index is 12.9. The Morgan fingerprint density at radius 2 is 2.00 bits per heavy atom. The Morgan fingerprint density at radius 3 is 2.55 bits per heavy atom. The van der Waals surface area contributed by atoms with Crippen molar-refractivity contribution in [1.29, 1.82) is 0 Å². The minimum absolute atomic E-state index is 0.0126. The van der Waals surface area contributed by atoms with E-state index in [9.17, 15) is 27.9 Å². The summed E-state index contributed by atoms with van der Waals surface area (Å²) >= 11 is 0. The molecule has 0 radical (unpaired) electrons. The lowest BCUT2D eigenvalue weighted by atomic mass is 9.85. The number of aromatic nitrogens is 1. The van der Waals surface area contributed by atoms with Crippen molar-refractivity contribution in [3.8, 4) is 5.88 Å². The molecule has 9 nitrogen and oxygen atoms in total. The van der Waals surface area contributed by atoms with E-state index in [1.807, 2.05) is 0 Å². The Balaban J connectivity index is 1.69. The molecule has 2 bridgehead atoms. The molecule has 2 atom stereocenters. The third kappa shape index (κ3) is 4.12. The maximum Gasteiger partial charge on any atom is 0.338 e. The lowest BCUT2D eigenvalue weighted by molar-refractivity contribution is -0.153. The van der Waals surface area contributed by atoms with Crippen molar-refractivity contribution < 1.29 is 32.7 Å². The molecule has 0 amide bonds. The summed E-state index contributed by atoms with van der Waals surface area (Å²) in [5.74, 6) is -1.62. The van der Waals surface area contributed by atoms with E-state index < -0.39 is 38.5 Å². The summed E-state index contributed by atoms with van der Waals surface area (Å²) in [7, 11) is -3.86. The second kappa shape index (κ2) is 7.58. The number of fused-ring (bicyclic) bond motifs is 3. The number of rotatable bonds is 6. The first-order valence-electron chi connectivity index (χ1n) is 10.9. The minimum atomic E-state index is -3.86. The number of benzene rings is 1. The van der Waals surface area contributed by atoms with Crippen molar-refractivity contribution in [3.05, 3.63) is 23.8 Å². The maximum atomic E-state index is 12.9. The van der Waals surface area contributed by atoms with Gasteiger partial charge >= 0.3 is 5.97 Å². The van der Waals surface area contributed by atoms with Crippen LogP contribution in [0.5, 0.6) is 5.88 Å². The van der Waals surface area contributed by atoms with Gasteiger partial charge in [-0.1, -0.05) is 0 Å². The van der Waals surface area contributed by atoms with E-state index in [0.717, 1.165) is 11.2 Å². The second-order valence-corrected chi connectivity index (χ2v) is 12.0. The van der Waals surface area contributed by atoms with Crippen LogP contribution in [0, 0.1) is 16.7 Å². The van der Waals surface area contributed by atoms with E-state index in [1.54, 1.807) is 20.8 Å². The summed E-state index contributed by atoms with van der Waals surface area (Å²) in [4.78, 5) is 42.3. The third-order valence-electron chi connectivity index (χ3n) is 6.56. The van der Waals surface area contributed by atoms with Crippen LogP contribution in [0.1, 0.15) is 63.7 Å². The number of carbonyl (C=O) groups excluding carboxylic acids is 3. The summed E-state index contributed by atoms with van der Waals surface area (Å²) in [5.41, 5.74) is -1.41. The number of carbonyl (C=O) groups is 3. The Labute approximate surface area is 192 Å². The summed E-state index contributed by atoms with van der Waals surface area (Å²) in [6, 6.07) is 4.34. The van der Waals surface area contributed by atoms with E-state index in [-0.39, 0.29) is 34.2 Å². The van der Waals surface area contributed by atoms with Crippen LogP contribution >= 0.6 is 0 Å². The van der Waals surface area contributed by atoms with E-state index in [4.69, 9.17) is 4.84 Å². The molecule has 2 fully saturated rings. The topological polar surface area (TPSA) is 132 Å². The van der Waals surface area contributed by atoms with Gasteiger partial charge in [0.05, 0.1) is 27.9 Å². The number of nitrogens with one attached hydrogen (secondary N) is 1. The molecule has 0 saturated heterocycles. The molecule has 0 aliphatic heterocycles. The lowest BCUT2D eigenvalue weighted by Crippen LogP contribution is -2.35. The Bertz CT molecular complexity index is 1290. The van der Waals surface area contributed by atoms with Gasteiger partial charge in [-0.05, 0) is 71.1 Å². The number of hydrogen-bond acceptors (Lipinski definition) is 7. The van der Waals surface area contributed by atoms with Crippen LogP contribution < -0.4 is 9.56 Å². The molecule has 33 heavy (non-hydrogen) atoms.